The highest BCUT2D eigenvalue weighted by molar-refractivity contribution is 5.78. The third kappa shape index (κ3) is 2.08. The molecule has 0 aromatic carbocycles. The number of carbonyl (C=O) groups excluding carboxylic acids is 1. The lowest BCUT2D eigenvalue weighted by molar-refractivity contribution is -0.153. The van der Waals surface area contributed by atoms with Gasteiger partial charge in [-0.25, -0.2) is 4.79 Å². The molecule has 1 aliphatic rings. The van der Waals surface area contributed by atoms with Gasteiger partial charge in [-0.1, -0.05) is 6.08 Å². The fourth-order valence-corrected chi connectivity index (χ4v) is 1.06. The number of ether oxygens (including phenoxy) is 1. The van der Waals surface area contributed by atoms with Crippen LogP contribution in [0.25, 0.3) is 0 Å². The van der Waals surface area contributed by atoms with E-state index in [1.54, 1.807) is 13.1 Å². The zero-order valence-corrected chi connectivity index (χ0v) is 7.38. The zero-order chi connectivity index (χ0) is 8.97. The number of nitrogens with one attached hydrogen (secondary N) is 1. The van der Waals surface area contributed by atoms with Crippen molar-refractivity contribution < 1.29 is 9.53 Å². The highest BCUT2D eigenvalue weighted by Gasteiger charge is 2.24. The minimum Gasteiger partial charge on any atom is -0.461 e. The lowest BCUT2D eigenvalue weighted by atomic mass is 9.96. The molecule has 12 heavy (non-hydrogen) atoms. The average Bonchev–Trinajstić information content (AvgIpc) is 1.99. The summed E-state index contributed by atoms with van der Waals surface area (Å²) in [7, 11) is 1.72. The van der Waals surface area contributed by atoms with Crippen molar-refractivity contribution in [2.45, 2.75) is 31.4 Å². The maximum absolute atomic E-state index is 11.3. The first-order valence-corrected chi connectivity index (χ1v) is 4.28. The first kappa shape index (κ1) is 9.26. The Balaban J connectivity index is 2.29. The van der Waals surface area contributed by atoms with Crippen LogP contribution in [0.4, 0.5) is 0 Å². The Kier molecular flexibility index (Phi) is 3.29. The Morgan fingerprint density at radius 2 is 2.42 bits per heavy atom. The molecule has 3 heteroatoms. The summed E-state index contributed by atoms with van der Waals surface area (Å²) in [5.41, 5.74) is 0. The van der Waals surface area contributed by atoms with Crippen molar-refractivity contribution in [3.05, 3.63) is 12.7 Å². The summed E-state index contributed by atoms with van der Waals surface area (Å²) in [5, 5.41) is 2.81. The van der Waals surface area contributed by atoms with Gasteiger partial charge in [-0.3, -0.25) is 0 Å². The number of hydrogen-bond donors (Lipinski definition) is 1. The summed E-state index contributed by atoms with van der Waals surface area (Å²) in [5.74, 6) is -0.211. The van der Waals surface area contributed by atoms with E-state index in [0.717, 1.165) is 12.8 Å². The summed E-state index contributed by atoms with van der Waals surface area (Å²) < 4.78 is 5.16. The Labute approximate surface area is 72.8 Å². The predicted octanol–water partition coefficient (Wildman–Crippen LogP) is 0.856. The van der Waals surface area contributed by atoms with Crippen molar-refractivity contribution in [3.8, 4) is 0 Å². The van der Waals surface area contributed by atoms with Gasteiger partial charge >= 0.3 is 5.97 Å². The fraction of sp³-hybridized carbons (Fsp3) is 0.667. The molecule has 0 spiro atoms. The van der Waals surface area contributed by atoms with Gasteiger partial charge in [0.25, 0.3) is 0 Å². The normalized spacial score (nSPS) is 19.4. The molecule has 68 valence electrons. The first-order chi connectivity index (χ1) is 5.77. The van der Waals surface area contributed by atoms with E-state index in [-0.39, 0.29) is 18.1 Å². The van der Waals surface area contributed by atoms with Crippen LogP contribution in [-0.2, 0) is 9.53 Å². The third-order valence-corrected chi connectivity index (χ3v) is 2.14. The molecule has 0 amide bonds. The minimum absolute atomic E-state index is 0.160. The number of likely N-dealkylation sites (N-methyl/N-ethyl adjacent to an activating group) is 1. The van der Waals surface area contributed by atoms with Crippen LogP contribution < -0.4 is 5.32 Å². The maximum Gasteiger partial charge on any atom is 0.327 e. The molecule has 0 radical (unpaired) electrons. The van der Waals surface area contributed by atoms with Crippen LogP contribution in [0, 0.1) is 0 Å². The van der Waals surface area contributed by atoms with Crippen molar-refractivity contribution in [1.82, 2.24) is 5.32 Å². The van der Waals surface area contributed by atoms with Crippen LogP contribution >= 0.6 is 0 Å². The molecule has 1 saturated carbocycles. The fourth-order valence-electron chi connectivity index (χ4n) is 1.06. The largest absolute Gasteiger partial charge is 0.461 e. The Morgan fingerprint density at radius 3 is 2.75 bits per heavy atom. The van der Waals surface area contributed by atoms with Gasteiger partial charge in [-0.2, -0.15) is 0 Å². The molecular formula is C9H15NO2. The standard InChI is InChI=1S/C9H15NO2/c1-3-8(10-2)9(11)12-7-5-4-6-7/h3,7-8,10H,1,4-6H2,2H3/t8-/m0/s1. The lowest BCUT2D eigenvalue weighted by Gasteiger charge is -2.26. The molecule has 0 unspecified atom stereocenters. The van der Waals surface area contributed by atoms with Crippen LogP contribution in [-0.4, -0.2) is 25.2 Å². The van der Waals surface area contributed by atoms with Crippen molar-refractivity contribution in [2.75, 3.05) is 7.05 Å². The van der Waals surface area contributed by atoms with Gasteiger partial charge in [0.1, 0.15) is 12.1 Å². The highest BCUT2D eigenvalue weighted by atomic mass is 16.5. The summed E-state index contributed by atoms with van der Waals surface area (Å²) in [6, 6.07) is -0.356. The summed E-state index contributed by atoms with van der Waals surface area (Å²) in [6.45, 7) is 3.54. The second-order valence-corrected chi connectivity index (χ2v) is 2.99. The molecule has 3 nitrogen and oxygen atoms in total. The van der Waals surface area contributed by atoms with E-state index >= 15 is 0 Å². The smallest absolute Gasteiger partial charge is 0.327 e. The molecular weight excluding hydrogens is 154 g/mol. The van der Waals surface area contributed by atoms with Crippen molar-refractivity contribution in [1.29, 1.82) is 0 Å². The molecule has 0 bridgehead atoms. The van der Waals surface area contributed by atoms with Crippen LogP contribution in [0.3, 0.4) is 0 Å². The monoisotopic (exact) mass is 169 g/mol. The van der Waals surface area contributed by atoms with Crippen LogP contribution in [0.2, 0.25) is 0 Å². The van der Waals surface area contributed by atoms with Gasteiger partial charge in [0.2, 0.25) is 0 Å². The molecule has 1 fully saturated rings. The SMILES string of the molecule is C=C[C@H](NC)C(=O)OC1CCC1. The van der Waals surface area contributed by atoms with Gasteiger partial charge in [-0.05, 0) is 26.3 Å². The van der Waals surface area contributed by atoms with E-state index in [2.05, 4.69) is 11.9 Å². The molecule has 0 heterocycles. The van der Waals surface area contributed by atoms with E-state index < -0.39 is 0 Å². The van der Waals surface area contributed by atoms with E-state index in [0.29, 0.717) is 0 Å². The van der Waals surface area contributed by atoms with E-state index in [1.165, 1.54) is 6.42 Å². The third-order valence-electron chi connectivity index (χ3n) is 2.14. The maximum atomic E-state index is 11.3. The lowest BCUT2D eigenvalue weighted by Crippen LogP contribution is -2.37. The quantitative estimate of drug-likeness (QED) is 0.501. The average molecular weight is 169 g/mol. The molecule has 1 N–H and O–H groups in total. The Hall–Kier alpha value is -0.830. The zero-order valence-electron chi connectivity index (χ0n) is 7.38. The summed E-state index contributed by atoms with van der Waals surface area (Å²) in [6.07, 6.45) is 4.92. The highest BCUT2D eigenvalue weighted by Crippen LogP contribution is 2.22. The summed E-state index contributed by atoms with van der Waals surface area (Å²) in [4.78, 5) is 11.3. The van der Waals surface area contributed by atoms with Gasteiger partial charge in [0.05, 0.1) is 0 Å². The topological polar surface area (TPSA) is 38.3 Å². The van der Waals surface area contributed by atoms with Crippen LogP contribution in [0.5, 0.6) is 0 Å². The minimum atomic E-state index is -0.356. The van der Waals surface area contributed by atoms with Gasteiger partial charge in [0, 0.05) is 0 Å². The molecule has 0 aromatic rings. The molecule has 1 rings (SSSR count). The summed E-state index contributed by atoms with van der Waals surface area (Å²) >= 11 is 0. The van der Waals surface area contributed by atoms with Gasteiger partial charge in [0.15, 0.2) is 0 Å². The predicted molar refractivity (Wildman–Crippen MR) is 46.8 cm³/mol. The van der Waals surface area contributed by atoms with Crippen molar-refractivity contribution in [2.24, 2.45) is 0 Å². The number of rotatable bonds is 4. The van der Waals surface area contributed by atoms with Gasteiger partial charge in [-0.15, -0.1) is 6.58 Å². The first-order valence-electron chi connectivity index (χ1n) is 4.28. The molecule has 0 saturated heterocycles. The van der Waals surface area contributed by atoms with Gasteiger partial charge < -0.3 is 10.1 Å². The Bertz CT molecular complexity index is 175. The Morgan fingerprint density at radius 1 is 1.75 bits per heavy atom. The molecule has 1 aliphatic carbocycles. The van der Waals surface area contributed by atoms with E-state index in [4.69, 9.17) is 4.74 Å². The number of esters is 1. The van der Waals surface area contributed by atoms with Crippen molar-refractivity contribution >= 4 is 5.97 Å². The second kappa shape index (κ2) is 4.26. The van der Waals surface area contributed by atoms with Crippen LogP contribution in [0.1, 0.15) is 19.3 Å². The second-order valence-electron chi connectivity index (χ2n) is 2.99. The number of hydrogen-bond acceptors (Lipinski definition) is 3. The number of carbonyl (C=O) groups is 1. The van der Waals surface area contributed by atoms with E-state index in [1.807, 2.05) is 0 Å². The van der Waals surface area contributed by atoms with E-state index in [9.17, 15) is 4.79 Å². The molecule has 1 atom stereocenters. The molecule has 0 aliphatic heterocycles. The molecule has 0 aromatic heterocycles. The van der Waals surface area contributed by atoms with Crippen molar-refractivity contribution in [3.63, 3.8) is 0 Å². The van der Waals surface area contributed by atoms with Crippen LogP contribution in [0.15, 0.2) is 12.7 Å².